The largest absolute Gasteiger partial charge is 0.352 e. The molecule has 1 saturated heterocycles. The highest BCUT2D eigenvalue weighted by Crippen LogP contribution is 2.35. The highest BCUT2D eigenvalue weighted by atomic mass is 32.1. The number of nitrogens with zero attached hydrogens (tertiary/aromatic N) is 3. The van der Waals surface area contributed by atoms with Crippen LogP contribution in [0.5, 0.6) is 0 Å². The number of hydrogen-bond acceptors (Lipinski definition) is 5. The fraction of sp³-hybridized carbons (Fsp3) is 0.333. The molecule has 1 aliphatic heterocycles. The monoisotopic (exact) mass is 463 g/mol. The Bertz CT molecular complexity index is 1170. The van der Waals surface area contributed by atoms with Gasteiger partial charge >= 0.3 is 6.03 Å². The van der Waals surface area contributed by atoms with Crippen LogP contribution in [0.15, 0.2) is 54.0 Å². The average molecular weight is 464 g/mol. The fourth-order valence-electron chi connectivity index (χ4n) is 4.58. The second-order valence-corrected chi connectivity index (χ2v) is 9.38. The third-order valence-electron chi connectivity index (χ3n) is 6.28. The molecule has 9 heteroatoms. The number of carbonyl (C=O) groups is 3. The number of rotatable bonds is 7. The van der Waals surface area contributed by atoms with Gasteiger partial charge in [0.15, 0.2) is 0 Å². The molecule has 3 heterocycles. The Morgan fingerprint density at radius 3 is 2.64 bits per heavy atom. The summed E-state index contributed by atoms with van der Waals surface area (Å²) >= 11 is 1.53. The van der Waals surface area contributed by atoms with Crippen LogP contribution < -0.4 is 10.6 Å². The molecule has 1 aromatic carbocycles. The third-order valence-corrected chi connectivity index (χ3v) is 7.16. The van der Waals surface area contributed by atoms with Gasteiger partial charge in [-0.05, 0) is 42.8 Å². The zero-order chi connectivity index (χ0) is 22.8. The lowest BCUT2D eigenvalue weighted by atomic mass is 9.98. The van der Waals surface area contributed by atoms with Crippen molar-refractivity contribution in [3.63, 3.8) is 0 Å². The first-order valence-electron chi connectivity index (χ1n) is 11.2. The third kappa shape index (κ3) is 4.04. The number of benzene rings is 1. The second kappa shape index (κ2) is 8.82. The molecule has 1 saturated carbocycles. The van der Waals surface area contributed by atoms with E-state index < -0.39 is 5.54 Å². The van der Waals surface area contributed by atoms with Crippen molar-refractivity contribution in [3.8, 4) is 16.3 Å². The number of thiophene rings is 1. The number of nitrogens with one attached hydrogen (secondary N) is 2. The van der Waals surface area contributed by atoms with Gasteiger partial charge in [-0.15, -0.1) is 11.3 Å². The van der Waals surface area contributed by atoms with Gasteiger partial charge in [-0.2, -0.15) is 5.10 Å². The van der Waals surface area contributed by atoms with Crippen molar-refractivity contribution in [2.75, 3.05) is 13.1 Å². The van der Waals surface area contributed by atoms with Crippen LogP contribution in [0.2, 0.25) is 0 Å². The summed E-state index contributed by atoms with van der Waals surface area (Å²) in [6.07, 6.45) is 5.56. The second-order valence-electron chi connectivity index (χ2n) is 8.43. The maximum absolute atomic E-state index is 13.0. The number of amides is 4. The molecule has 170 valence electrons. The smallest absolute Gasteiger partial charge is 0.325 e. The Hall–Kier alpha value is -3.46. The standard InChI is InChI=1S/C24H25N5O3S/c30-21(25-13-7-14-28-22(31)24(26-23(28)32)11-4-5-12-24)18-16-29(17-8-2-1-3-9-17)27-20(18)19-10-6-15-33-19/h1-3,6,8-10,15-16H,4-5,7,11-14H2,(H,25,30)(H,26,32). The minimum Gasteiger partial charge on any atom is -0.352 e. The zero-order valence-electron chi connectivity index (χ0n) is 18.1. The first-order chi connectivity index (χ1) is 16.1. The number of hydrogen-bond donors (Lipinski definition) is 2. The summed E-state index contributed by atoms with van der Waals surface area (Å²) in [7, 11) is 0. The maximum atomic E-state index is 13.0. The molecule has 1 spiro atoms. The van der Waals surface area contributed by atoms with Gasteiger partial charge in [-0.25, -0.2) is 9.48 Å². The number of para-hydroxylation sites is 1. The number of urea groups is 1. The minimum absolute atomic E-state index is 0.125. The molecule has 4 amide bonds. The number of carbonyl (C=O) groups excluding carboxylic acids is 3. The van der Waals surface area contributed by atoms with E-state index in [9.17, 15) is 14.4 Å². The summed E-state index contributed by atoms with van der Waals surface area (Å²) in [6.45, 7) is 0.636. The van der Waals surface area contributed by atoms with Crippen LogP contribution in [0.1, 0.15) is 42.5 Å². The van der Waals surface area contributed by atoms with Crippen LogP contribution in [0, 0.1) is 0 Å². The van der Waals surface area contributed by atoms with Crippen LogP contribution >= 0.6 is 11.3 Å². The molecule has 8 nitrogen and oxygen atoms in total. The molecule has 2 N–H and O–H groups in total. The summed E-state index contributed by atoms with van der Waals surface area (Å²) in [4.78, 5) is 40.3. The van der Waals surface area contributed by atoms with Crippen LogP contribution in [0.25, 0.3) is 16.3 Å². The average Bonchev–Trinajstić information content (AvgIpc) is 3.62. The molecule has 2 aliphatic rings. The lowest BCUT2D eigenvalue weighted by molar-refractivity contribution is -0.131. The van der Waals surface area contributed by atoms with Crippen LogP contribution in [-0.2, 0) is 4.79 Å². The SMILES string of the molecule is O=C(NCCCN1C(=O)NC2(CCCC2)C1=O)c1cn(-c2ccccc2)nc1-c1cccs1. The highest BCUT2D eigenvalue weighted by Gasteiger charge is 2.51. The molecule has 2 aromatic heterocycles. The maximum Gasteiger partial charge on any atom is 0.325 e. The van der Waals surface area contributed by atoms with E-state index in [1.165, 1.54) is 16.2 Å². The number of aromatic nitrogens is 2. The Balaban J connectivity index is 1.24. The van der Waals surface area contributed by atoms with Crippen molar-refractivity contribution >= 4 is 29.2 Å². The topological polar surface area (TPSA) is 96.3 Å². The molecule has 5 rings (SSSR count). The lowest BCUT2D eigenvalue weighted by Gasteiger charge is -2.20. The van der Waals surface area contributed by atoms with E-state index in [-0.39, 0.29) is 24.4 Å². The zero-order valence-corrected chi connectivity index (χ0v) is 18.9. The Morgan fingerprint density at radius 1 is 1.12 bits per heavy atom. The van der Waals surface area contributed by atoms with Crippen molar-refractivity contribution in [2.24, 2.45) is 0 Å². The van der Waals surface area contributed by atoms with Crippen molar-refractivity contribution < 1.29 is 14.4 Å². The predicted octanol–water partition coefficient (Wildman–Crippen LogP) is 3.59. The predicted molar refractivity (Wildman–Crippen MR) is 125 cm³/mol. The van der Waals surface area contributed by atoms with Gasteiger partial charge in [0.25, 0.3) is 11.8 Å². The van der Waals surface area contributed by atoms with Crippen molar-refractivity contribution in [1.82, 2.24) is 25.3 Å². The van der Waals surface area contributed by atoms with Gasteiger partial charge in [0.2, 0.25) is 0 Å². The summed E-state index contributed by atoms with van der Waals surface area (Å²) in [5.74, 6) is -0.356. The van der Waals surface area contributed by atoms with Gasteiger partial charge in [-0.1, -0.05) is 37.1 Å². The minimum atomic E-state index is -0.692. The molecular weight excluding hydrogens is 438 g/mol. The molecule has 3 aromatic rings. The fourth-order valence-corrected chi connectivity index (χ4v) is 5.30. The number of imide groups is 1. The van der Waals surface area contributed by atoms with E-state index in [0.29, 0.717) is 37.1 Å². The van der Waals surface area contributed by atoms with E-state index in [1.807, 2.05) is 47.8 Å². The molecule has 1 aliphatic carbocycles. The first kappa shape index (κ1) is 21.4. The van der Waals surface area contributed by atoms with Gasteiger partial charge in [0.1, 0.15) is 11.2 Å². The lowest BCUT2D eigenvalue weighted by Crippen LogP contribution is -2.44. The van der Waals surface area contributed by atoms with Gasteiger partial charge < -0.3 is 10.6 Å². The summed E-state index contributed by atoms with van der Waals surface area (Å²) < 4.78 is 1.71. The van der Waals surface area contributed by atoms with E-state index >= 15 is 0 Å². The molecular formula is C24H25N5O3S. The summed E-state index contributed by atoms with van der Waals surface area (Å²) in [5, 5.41) is 12.4. The molecule has 0 bridgehead atoms. The van der Waals surface area contributed by atoms with Gasteiger partial charge in [-0.3, -0.25) is 14.5 Å². The van der Waals surface area contributed by atoms with Crippen LogP contribution in [0.4, 0.5) is 4.79 Å². The molecule has 0 radical (unpaired) electrons. The van der Waals surface area contributed by atoms with Gasteiger partial charge in [0.05, 0.1) is 16.1 Å². The quantitative estimate of drug-likeness (QED) is 0.413. The first-order valence-corrected chi connectivity index (χ1v) is 12.1. The van der Waals surface area contributed by atoms with Crippen molar-refractivity contribution in [2.45, 2.75) is 37.6 Å². The Kier molecular flexibility index (Phi) is 5.72. The van der Waals surface area contributed by atoms with E-state index in [0.717, 1.165) is 23.4 Å². The summed E-state index contributed by atoms with van der Waals surface area (Å²) in [5.41, 5.74) is 1.29. The van der Waals surface area contributed by atoms with Crippen LogP contribution in [0.3, 0.4) is 0 Å². The molecule has 0 atom stereocenters. The van der Waals surface area contributed by atoms with Crippen molar-refractivity contribution in [1.29, 1.82) is 0 Å². The summed E-state index contributed by atoms with van der Waals surface area (Å²) in [6, 6.07) is 13.2. The normalized spacial score (nSPS) is 17.0. The van der Waals surface area contributed by atoms with Crippen LogP contribution in [-0.4, -0.2) is 51.2 Å². The Labute approximate surface area is 195 Å². The highest BCUT2D eigenvalue weighted by molar-refractivity contribution is 7.13. The van der Waals surface area contributed by atoms with E-state index in [2.05, 4.69) is 15.7 Å². The van der Waals surface area contributed by atoms with Gasteiger partial charge in [0, 0.05) is 19.3 Å². The molecule has 33 heavy (non-hydrogen) atoms. The van der Waals surface area contributed by atoms with E-state index in [4.69, 9.17) is 0 Å². The molecule has 2 fully saturated rings. The van der Waals surface area contributed by atoms with E-state index in [1.54, 1.807) is 10.9 Å². The Morgan fingerprint density at radius 2 is 1.91 bits per heavy atom. The van der Waals surface area contributed by atoms with Crippen molar-refractivity contribution in [3.05, 3.63) is 59.6 Å². The molecule has 0 unspecified atom stereocenters.